The van der Waals surface area contributed by atoms with Crippen molar-refractivity contribution in [2.75, 3.05) is 0 Å². The molecule has 0 aromatic heterocycles. The third kappa shape index (κ3) is 18.6. The molecule has 0 aliphatic heterocycles. The molecule has 0 aliphatic rings. The molecular formula is C21H36O2. The van der Waals surface area contributed by atoms with E-state index >= 15 is 0 Å². The zero-order valence-electron chi connectivity index (χ0n) is 15.2. The van der Waals surface area contributed by atoms with Crippen LogP contribution in [0.5, 0.6) is 0 Å². The Kier molecular flexibility index (Phi) is 16.1. The van der Waals surface area contributed by atoms with Crippen molar-refractivity contribution in [3.05, 3.63) is 36.5 Å². The highest BCUT2D eigenvalue weighted by atomic mass is 16.4. The predicted octanol–water partition coefficient (Wildman–Crippen LogP) is 6.69. The highest BCUT2D eigenvalue weighted by molar-refractivity contribution is 5.66. The van der Waals surface area contributed by atoms with Gasteiger partial charge in [0.25, 0.3) is 0 Å². The van der Waals surface area contributed by atoms with Crippen molar-refractivity contribution in [3.63, 3.8) is 0 Å². The van der Waals surface area contributed by atoms with Crippen LogP contribution < -0.4 is 0 Å². The Morgan fingerprint density at radius 1 is 0.870 bits per heavy atom. The maximum atomic E-state index is 10.3. The van der Waals surface area contributed by atoms with Crippen molar-refractivity contribution < 1.29 is 9.90 Å². The number of unbranched alkanes of at least 4 members (excludes halogenated alkanes) is 4. The van der Waals surface area contributed by atoms with E-state index in [9.17, 15) is 4.79 Å². The first-order valence-corrected chi connectivity index (χ1v) is 9.35. The quantitative estimate of drug-likeness (QED) is 0.207. The van der Waals surface area contributed by atoms with Crippen LogP contribution >= 0.6 is 0 Å². The number of hydrogen-bond donors (Lipinski definition) is 1. The van der Waals surface area contributed by atoms with Crippen LogP contribution in [0.4, 0.5) is 0 Å². The van der Waals surface area contributed by atoms with Gasteiger partial charge < -0.3 is 5.11 Å². The Hall–Kier alpha value is -1.31. The summed E-state index contributed by atoms with van der Waals surface area (Å²) in [5.74, 6) is 0.103. The minimum Gasteiger partial charge on any atom is -0.481 e. The maximum Gasteiger partial charge on any atom is 0.303 e. The number of aliphatic carboxylic acids is 1. The average molecular weight is 321 g/mol. The summed E-state index contributed by atoms with van der Waals surface area (Å²) in [6.45, 7) is 4.55. The Bertz CT molecular complexity index is 353. The highest BCUT2D eigenvalue weighted by Crippen LogP contribution is 2.16. The van der Waals surface area contributed by atoms with Gasteiger partial charge in [-0.1, -0.05) is 76.0 Å². The summed E-state index contributed by atoms with van der Waals surface area (Å²) in [6.07, 6.45) is 25.0. The molecule has 0 heterocycles. The number of carbonyl (C=O) groups is 1. The molecule has 132 valence electrons. The van der Waals surface area contributed by atoms with E-state index in [-0.39, 0.29) is 6.42 Å². The van der Waals surface area contributed by atoms with E-state index in [1.807, 2.05) is 18.2 Å². The van der Waals surface area contributed by atoms with Crippen molar-refractivity contribution in [2.24, 2.45) is 5.92 Å². The molecule has 0 rings (SSSR count). The lowest BCUT2D eigenvalue weighted by Crippen LogP contribution is -1.94. The summed E-state index contributed by atoms with van der Waals surface area (Å²) >= 11 is 0. The van der Waals surface area contributed by atoms with Gasteiger partial charge in [0.15, 0.2) is 0 Å². The molecule has 23 heavy (non-hydrogen) atoms. The van der Waals surface area contributed by atoms with E-state index in [4.69, 9.17) is 5.11 Å². The summed E-state index contributed by atoms with van der Waals surface area (Å²) in [5, 5.41) is 8.51. The van der Waals surface area contributed by atoms with E-state index < -0.39 is 5.97 Å². The molecule has 0 aromatic rings. The van der Waals surface area contributed by atoms with Crippen molar-refractivity contribution in [1.82, 2.24) is 0 Å². The second-order valence-electron chi connectivity index (χ2n) is 6.34. The van der Waals surface area contributed by atoms with E-state index in [1.54, 1.807) is 0 Å². The number of rotatable bonds is 15. The largest absolute Gasteiger partial charge is 0.481 e. The van der Waals surface area contributed by atoms with Crippen LogP contribution in [-0.4, -0.2) is 11.1 Å². The number of hydrogen-bond acceptors (Lipinski definition) is 1. The molecule has 0 aromatic carbocycles. The SMILES string of the molecule is CC/C=C/CCCCCC(C)CCC/C=C/C=C/CCC(=O)O. The predicted molar refractivity (Wildman–Crippen MR) is 101 cm³/mol. The van der Waals surface area contributed by atoms with Crippen molar-refractivity contribution >= 4 is 5.97 Å². The lowest BCUT2D eigenvalue weighted by Gasteiger charge is -2.09. The smallest absolute Gasteiger partial charge is 0.303 e. The number of carboxylic acid groups (broad SMARTS) is 1. The Labute approximate surface area is 143 Å². The molecule has 2 nitrogen and oxygen atoms in total. The lowest BCUT2D eigenvalue weighted by atomic mass is 9.97. The van der Waals surface area contributed by atoms with E-state index in [0.29, 0.717) is 6.42 Å². The molecule has 0 amide bonds. The molecule has 0 saturated heterocycles. The summed E-state index contributed by atoms with van der Waals surface area (Å²) < 4.78 is 0. The Balaban J connectivity index is 3.40. The standard InChI is InChI=1S/C21H36O2/c1-3-4-5-6-8-11-14-17-20(2)18-15-12-9-7-10-13-16-19-21(22)23/h4-5,7,9-10,13,20H,3,6,8,11-12,14-19H2,1-2H3,(H,22,23)/b5-4+,9-7+,13-10+. The van der Waals surface area contributed by atoms with Gasteiger partial charge in [-0.25, -0.2) is 0 Å². The zero-order valence-corrected chi connectivity index (χ0v) is 15.2. The minimum absolute atomic E-state index is 0.219. The van der Waals surface area contributed by atoms with Crippen LogP contribution in [0.1, 0.15) is 84.5 Å². The van der Waals surface area contributed by atoms with Gasteiger partial charge in [0, 0.05) is 6.42 Å². The fourth-order valence-corrected chi connectivity index (χ4v) is 2.50. The first-order valence-electron chi connectivity index (χ1n) is 9.35. The van der Waals surface area contributed by atoms with Gasteiger partial charge in [-0.2, -0.15) is 0 Å². The van der Waals surface area contributed by atoms with Gasteiger partial charge >= 0.3 is 5.97 Å². The second kappa shape index (κ2) is 17.1. The first-order chi connectivity index (χ1) is 11.2. The fraction of sp³-hybridized carbons (Fsp3) is 0.667. The maximum absolute atomic E-state index is 10.3. The normalized spacial score (nSPS) is 13.5. The summed E-state index contributed by atoms with van der Waals surface area (Å²) in [4.78, 5) is 10.3. The highest BCUT2D eigenvalue weighted by Gasteiger charge is 2.00. The van der Waals surface area contributed by atoms with E-state index in [0.717, 1.165) is 18.8 Å². The van der Waals surface area contributed by atoms with E-state index in [1.165, 1.54) is 44.9 Å². The third-order valence-corrected chi connectivity index (χ3v) is 3.95. The molecule has 0 aliphatic carbocycles. The Morgan fingerprint density at radius 2 is 1.52 bits per heavy atom. The van der Waals surface area contributed by atoms with Gasteiger partial charge in [0.2, 0.25) is 0 Å². The van der Waals surface area contributed by atoms with Crippen molar-refractivity contribution in [3.8, 4) is 0 Å². The van der Waals surface area contributed by atoms with Crippen molar-refractivity contribution in [1.29, 1.82) is 0 Å². The third-order valence-electron chi connectivity index (χ3n) is 3.95. The van der Waals surface area contributed by atoms with Gasteiger partial charge in [0.05, 0.1) is 0 Å². The van der Waals surface area contributed by atoms with Gasteiger partial charge in [-0.15, -0.1) is 0 Å². The molecule has 1 unspecified atom stereocenters. The van der Waals surface area contributed by atoms with Crippen LogP contribution in [0, 0.1) is 5.92 Å². The van der Waals surface area contributed by atoms with Crippen LogP contribution in [0.3, 0.4) is 0 Å². The molecule has 2 heteroatoms. The number of carboxylic acids is 1. The first kappa shape index (κ1) is 21.7. The minimum atomic E-state index is -0.731. The van der Waals surface area contributed by atoms with Gasteiger partial charge in [0.1, 0.15) is 0 Å². The number of allylic oxidation sites excluding steroid dienone is 6. The molecular weight excluding hydrogens is 284 g/mol. The molecule has 1 atom stereocenters. The van der Waals surface area contributed by atoms with E-state index in [2.05, 4.69) is 32.1 Å². The average Bonchev–Trinajstić information content (AvgIpc) is 2.52. The van der Waals surface area contributed by atoms with Crippen molar-refractivity contribution in [2.45, 2.75) is 84.5 Å². The molecule has 0 fully saturated rings. The summed E-state index contributed by atoms with van der Waals surface area (Å²) in [5.41, 5.74) is 0. The van der Waals surface area contributed by atoms with Crippen LogP contribution in [-0.2, 0) is 4.79 Å². The second-order valence-corrected chi connectivity index (χ2v) is 6.34. The fourth-order valence-electron chi connectivity index (χ4n) is 2.50. The monoisotopic (exact) mass is 320 g/mol. The molecule has 0 radical (unpaired) electrons. The van der Waals surface area contributed by atoms with Crippen LogP contribution in [0.2, 0.25) is 0 Å². The van der Waals surface area contributed by atoms with Crippen LogP contribution in [0.25, 0.3) is 0 Å². The molecule has 0 bridgehead atoms. The van der Waals surface area contributed by atoms with Gasteiger partial charge in [-0.3, -0.25) is 4.79 Å². The molecule has 1 N–H and O–H groups in total. The molecule has 0 saturated carbocycles. The Morgan fingerprint density at radius 3 is 2.22 bits per heavy atom. The summed E-state index contributed by atoms with van der Waals surface area (Å²) in [7, 11) is 0. The van der Waals surface area contributed by atoms with Gasteiger partial charge in [-0.05, 0) is 44.4 Å². The zero-order chi connectivity index (χ0) is 17.2. The molecule has 0 spiro atoms. The summed E-state index contributed by atoms with van der Waals surface area (Å²) in [6, 6.07) is 0. The topological polar surface area (TPSA) is 37.3 Å². The van der Waals surface area contributed by atoms with Crippen LogP contribution in [0.15, 0.2) is 36.5 Å². The lowest BCUT2D eigenvalue weighted by molar-refractivity contribution is -0.136.